The predicted molar refractivity (Wildman–Crippen MR) is 67.1 cm³/mol. The van der Waals surface area contributed by atoms with Crippen LogP contribution in [0.1, 0.15) is 24.6 Å². The Bertz CT molecular complexity index is 465. The highest BCUT2D eigenvalue weighted by Crippen LogP contribution is 2.31. The number of hydrogen-bond acceptors (Lipinski definition) is 3. The van der Waals surface area contributed by atoms with Gasteiger partial charge in [-0.05, 0) is 34.0 Å². The van der Waals surface area contributed by atoms with E-state index in [0.29, 0.717) is 5.92 Å². The van der Waals surface area contributed by atoms with Crippen LogP contribution in [0.3, 0.4) is 0 Å². The third-order valence-electron chi connectivity index (χ3n) is 2.05. The van der Waals surface area contributed by atoms with Gasteiger partial charge in [0.2, 0.25) is 0 Å². The van der Waals surface area contributed by atoms with Gasteiger partial charge in [0.1, 0.15) is 10.7 Å². The molecule has 0 spiro atoms. The van der Waals surface area contributed by atoms with Gasteiger partial charge in [0.25, 0.3) is 0 Å². The largest absolute Gasteiger partial charge is 0.253 e. The van der Waals surface area contributed by atoms with E-state index < -0.39 is 0 Å². The SMILES string of the molecule is CC(C)c1cnc(-c2ncccc2Br)s1. The summed E-state index contributed by atoms with van der Waals surface area (Å²) >= 11 is 5.19. The van der Waals surface area contributed by atoms with Crippen LogP contribution in [0.15, 0.2) is 29.0 Å². The Morgan fingerprint density at radius 3 is 2.73 bits per heavy atom. The maximum atomic E-state index is 4.39. The molecular weight excluding hydrogens is 272 g/mol. The Hall–Kier alpha value is -0.740. The summed E-state index contributed by atoms with van der Waals surface area (Å²) in [4.78, 5) is 10.0. The highest BCUT2D eigenvalue weighted by Gasteiger charge is 2.10. The van der Waals surface area contributed by atoms with Crippen LogP contribution >= 0.6 is 27.3 Å². The van der Waals surface area contributed by atoms with Gasteiger partial charge in [-0.3, -0.25) is 4.98 Å². The molecular formula is C11H11BrN2S. The number of aromatic nitrogens is 2. The maximum Gasteiger partial charge on any atom is 0.143 e. The van der Waals surface area contributed by atoms with Crippen LogP contribution in [-0.2, 0) is 0 Å². The van der Waals surface area contributed by atoms with Crippen LogP contribution in [0.5, 0.6) is 0 Å². The van der Waals surface area contributed by atoms with Crippen LogP contribution in [0, 0.1) is 0 Å². The molecule has 0 unspecified atom stereocenters. The van der Waals surface area contributed by atoms with Crippen molar-refractivity contribution in [2.45, 2.75) is 19.8 Å². The molecule has 0 radical (unpaired) electrons. The van der Waals surface area contributed by atoms with Gasteiger partial charge in [0.15, 0.2) is 0 Å². The molecule has 2 rings (SSSR count). The maximum absolute atomic E-state index is 4.39. The lowest BCUT2D eigenvalue weighted by Crippen LogP contribution is -1.81. The summed E-state index contributed by atoms with van der Waals surface area (Å²) < 4.78 is 0.995. The molecule has 0 aliphatic heterocycles. The Morgan fingerprint density at radius 2 is 2.13 bits per heavy atom. The first-order chi connectivity index (χ1) is 7.18. The smallest absolute Gasteiger partial charge is 0.143 e. The average Bonchev–Trinajstić information content (AvgIpc) is 2.67. The van der Waals surface area contributed by atoms with Crippen LogP contribution < -0.4 is 0 Å². The molecule has 0 aliphatic rings. The van der Waals surface area contributed by atoms with Crippen LogP contribution in [0.2, 0.25) is 0 Å². The number of thiazole rings is 1. The average molecular weight is 283 g/mol. The molecule has 15 heavy (non-hydrogen) atoms. The monoisotopic (exact) mass is 282 g/mol. The number of pyridine rings is 1. The first-order valence-corrected chi connectivity index (χ1v) is 6.36. The molecule has 0 fully saturated rings. The van der Waals surface area contributed by atoms with Crippen molar-refractivity contribution < 1.29 is 0 Å². The lowest BCUT2D eigenvalue weighted by Gasteiger charge is -1.98. The second-order valence-electron chi connectivity index (χ2n) is 3.56. The molecule has 0 amide bonds. The fourth-order valence-electron chi connectivity index (χ4n) is 1.21. The first kappa shape index (κ1) is 10.8. The molecule has 0 atom stereocenters. The number of rotatable bonds is 2. The van der Waals surface area contributed by atoms with E-state index in [1.54, 1.807) is 17.5 Å². The van der Waals surface area contributed by atoms with Crippen molar-refractivity contribution in [3.8, 4) is 10.7 Å². The summed E-state index contributed by atoms with van der Waals surface area (Å²) in [5, 5.41) is 0.978. The van der Waals surface area contributed by atoms with Crippen molar-refractivity contribution >= 4 is 27.3 Å². The Morgan fingerprint density at radius 1 is 1.33 bits per heavy atom. The highest BCUT2D eigenvalue weighted by atomic mass is 79.9. The van der Waals surface area contributed by atoms with E-state index in [9.17, 15) is 0 Å². The summed E-state index contributed by atoms with van der Waals surface area (Å²) in [6, 6.07) is 3.89. The quantitative estimate of drug-likeness (QED) is 0.829. The van der Waals surface area contributed by atoms with Gasteiger partial charge >= 0.3 is 0 Å². The molecule has 2 aromatic rings. The van der Waals surface area contributed by atoms with Crippen molar-refractivity contribution in [2.24, 2.45) is 0 Å². The molecule has 2 heterocycles. The minimum absolute atomic E-state index is 0.527. The molecule has 0 bridgehead atoms. The van der Waals surface area contributed by atoms with Gasteiger partial charge < -0.3 is 0 Å². The summed E-state index contributed by atoms with van der Waals surface area (Å²) in [5.74, 6) is 0.527. The molecule has 0 saturated carbocycles. The van der Waals surface area contributed by atoms with E-state index in [4.69, 9.17) is 0 Å². The zero-order chi connectivity index (χ0) is 10.8. The Labute approximate surface area is 102 Å². The third kappa shape index (κ3) is 2.26. The van der Waals surface area contributed by atoms with Crippen molar-refractivity contribution in [3.63, 3.8) is 0 Å². The molecule has 0 aromatic carbocycles. The Balaban J connectivity index is 2.42. The van der Waals surface area contributed by atoms with Crippen molar-refractivity contribution in [3.05, 3.63) is 33.9 Å². The van der Waals surface area contributed by atoms with E-state index in [-0.39, 0.29) is 0 Å². The van der Waals surface area contributed by atoms with E-state index >= 15 is 0 Å². The van der Waals surface area contributed by atoms with E-state index in [1.807, 2.05) is 18.3 Å². The van der Waals surface area contributed by atoms with Gasteiger partial charge in [-0.1, -0.05) is 13.8 Å². The topological polar surface area (TPSA) is 25.8 Å². The van der Waals surface area contributed by atoms with Crippen LogP contribution in [0.4, 0.5) is 0 Å². The lowest BCUT2D eigenvalue weighted by molar-refractivity contribution is 0.885. The summed E-state index contributed by atoms with van der Waals surface area (Å²) in [5.41, 5.74) is 0.925. The summed E-state index contributed by atoms with van der Waals surface area (Å²) in [6.07, 6.45) is 3.72. The normalized spacial score (nSPS) is 10.9. The standard InChI is InChI=1S/C11H11BrN2S/c1-7(2)9-6-14-11(15-9)10-8(12)4-3-5-13-10/h3-7H,1-2H3. The fourth-order valence-corrected chi connectivity index (χ4v) is 2.71. The molecule has 2 aromatic heterocycles. The molecule has 0 saturated heterocycles. The van der Waals surface area contributed by atoms with Crippen LogP contribution in [-0.4, -0.2) is 9.97 Å². The van der Waals surface area contributed by atoms with E-state index in [1.165, 1.54) is 4.88 Å². The van der Waals surface area contributed by atoms with Crippen molar-refractivity contribution in [2.75, 3.05) is 0 Å². The first-order valence-electron chi connectivity index (χ1n) is 4.75. The predicted octanol–water partition coefficient (Wildman–Crippen LogP) is 4.09. The zero-order valence-corrected chi connectivity index (χ0v) is 11.0. The second-order valence-corrected chi connectivity index (χ2v) is 5.47. The Kier molecular flexibility index (Phi) is 3.17. The number of halogens is 1. The zero-order valence-electron chi connectivity index (χ0n) is 8.57. The van der Waals surface area contributed by atoms with Crippen molar-refractivity contribution in [1.82, 2.24) is 9.97 Å². The summed E-state index contributed by atoms with van der Waals surface area (Å²) in [6.45, 7) is 4.34. The van der Waals surface area contributed by atoms with Gasteiger partial charge in [-0.15, -0.1) is 11.3 Å². The molecule has 2 nitrogen and oxygen atoms in total. The minimum Gasteiger partial charge on any atom is -0.253 e. The molecule has 0 aliphatic carbocycles. The third-order valence-corrected chi connectivity index (χ3v) is 4.00. The van der Waals surface area contributed by atoms with E-state index in [0.717, 1.165) is 15.2 Å². The highest BCUT2D eigenvalue weighted by molar-refractivity contribution is 9.10. The van der Waals surface area contributed by atoms with Gasteiger partial charge in [-0.2, -0.15) is 0 Å². The van der Waals surface area contributed by atoms with Gasteiger partial charge in [0, 0.05) is 21.7 Å². The minimum atomic E-state index is 0.527. The van der Waals surface area contributed by atoms with Crippen molar-refractivity contribution in [1.29, 1.82) is 0 Å². The molecule has 0 N–H and O–H groups in total. The molecule has 4 heteroatoms. The summed E-state index contributed by atoms with van der Waals surface area (Å²) in [7, 11) is 0. The van der Waals surface area contributed by atoms with Crippen LogP contribution in [0.25, 0.3) is 10.7 Å². The number of hydrogen-bond donors (Lipinski definition) is 0. The molecule has 78 valence electrons. The lowest BCUT2D eigenvalue weighted by atomic mass is 10.2. The van der Waals surface area contributed by atoms with Gasteiger partial charge in [0.05, 0.1) is 0 Å². The fraction of sp³-hybridized carbons (Fsp3) is 0.273. The van der Waals surface area contributed by atoms with E-state index in [2.05, 4.69) is 39.7 Å². The van der Waals surface area contributed by atoms with Gasteiger partial charge in [-0.25, -0.2) is 4.98 Å². The second kappa shape index (κ2) is 4.41. The number of nitrogens with zero attached hydrogens (tertiary/aromatic N) is 2.